The monoisotopic (exact) mass is 296 g/mol. The van der Waals surface area contributed by atoms with Crippen molar-refractivity contribution in [1.82, 2.24) is 0 Å². The molecule has 0 saturated carbocycles. The van der Waals surface area contributed by atoms with Crippen LogP contribution < -0.4 is 0 Å². The average Bonchev–Trinajstić information content (AvgIpc) is 2.54. The molecule has 1 heterocycles. The van der Waals surface area contributed by atoms with E-state index in [1.165, 1.54) is 7.11 Å². The molecule has 2 aromatic carbocycles. The summed E-state index contributed by atoms with van der Waals surface area (Å²) in [6.07, 6.45) is 0.225. The number of aryl methyl sites for hydroxylation is 1. The number of esters is 2. The largest absolute Gasteiger partial charge is 0.465 e. The van der Waals surface area contributed by atoms with Crippen LogP contribution in [0.15, 0.2) is 42.5 Å². The maximum atomic E-state index is 12.1. The molecule has 0 saturated heterocycles. The Morgan fingerprint density at radius 1 is 1.18 bits per heavy atom. The van der Waals surface area contributed by atoms with Crippen LogP contribution in [0.3, 0.4) is 0 Å². The van der Waals surface area contributed by atoms with Gasteiger partial charge in [0, 0.05) is 6.42 Å². The van der Waals surface area contributed by atoms with Crippen molar-refractivity contribution in [2.24, 2.45) is 0 Å². The first kappa shape index (κ1) is 14.3. The molecule has 112 valence electrons. The Kier molecular flexibility index (Phi) is 3.67. The normalized spacial score (nSPS) is 16.6. The summed E-state index contributed by atoms with van der Waals surface area (Å²) in [4.78, 5) is 23.8. The van der Waals surface area contributed by atoms with Gasteiger partial charge in [0.05, 0.1) is 18.2 Å². The van der Waals surface area contributed by atoms with Gasteiger partial charge in [0.15, 0.2) is 0 Å². The molecule has 0 aromatic heterocycles. The standard InChI is InChI=1S/C18H16O4/c1-11-3-5-12(6-4-11)16-10-14-9-13(17(19)21-2)7-8-15(14)18(20)22-16/h3-9,16H,10H2,1-2H3. The molecule has 0 fully saturated rings. The topological polar surface area (TPSA) is 52.6 Å². The quantitative estimate of drug-likeness (QED) is 0.798. The number of hydrogen-bond donors (Lipinski definition) is 0. The molecule has 0 aliphatic carbocycles. The summed E-state index contributed by atoms with van der Waals surface area (Å²) in [5.41, 5.74) is 3.87. The van der Waals surface area contributed by atoms with Crippen molar-refractivity contribution in [3.63, 3.8) is 0 Å². The SMILES string of the molecule is COC(=O)c1ccc2c(c1)CC(c1ccc(C)cc1)OC2=O. The van der Waals surface area contributed by atoms with Crippen molar-refractivity contribution in [1.29, 1.82) is 0 Å². The third kappa shape index (κ3) is 2.60. The Morgan fingerprint density at radius 2 is 1.91 bits per heavy atom. The third-order valence-electron chi connectivity index (χ3n) is 3.85. The molecule has 3 rings (SSSR count). The minimum Gasteiger partial charge on any atom is -0.465 e. The van der Waals surface area contributed by atoms with E-state index in [2.05, 4.69) is 0 Å². The van der Waals surface area contributed by atoms with E-state index < -0.39 is 5.97 Å². The van der Waals surface area contributed by atoms with Crippen LogP contribution in [0.4, 0.5) is 0 Å². The van der Waals surface area contributed by atoms with Crippen LogP contribution in [0, 0.1) is 6.92 Å². The Bertz CT molecular complexity index is 731. The Hall–Kier alpha value is -2.62. The summed E-state index contributed by atoms with van der Waals surface area (Å²) < 4.78 is 10.2. The van der Waals surface area contributed by atoms with Crippen molar-refractivity contribution in [3.8, 4) is 0 Å². The highest BCUT2D eigenvalue weighted by atomic mass is 16.5. The van der Waals surface area contributed by atoms with Gasteiger partial charge >= 0.3 is 11.9 Å². The summed E-state index contributed by atoms with van der Waals surface area (Å²) >= 11 is 0. The number of methoxy groups -OCH3 is 1. The molecule has 0 amide bonds. The number of benzene rings is 2. The number of fused-ring (bicyclic) bond motifs is 1. The maximum absolute atomic E-state index is 12.1. The van der Waals surface area contributed by atoms with Gasteiger partial charge in [0.1, 0.15) is 6.10 Å². The minimum atomic E-state index is -0.409. The summed E-state index contributed by atoms with van der Waals surface area (Å²) in [6, 6.07) is 12.8. The molecule has 22 heavy (non-hydrogen) atoms. The van der Waals surface area contributed by atoms with Crippen molar-refractivity contribution < 1.29 is 19.1 Å². The van der Waals surface area contributed by atoms with E-state index in [9.17, 15) is 9.59 Å². The van der Waals surface area contributed by atoms with Crippen molar-refractivity contribution in [2.45, 2.75) is 19.4 Å². The number of ether oxygens (including phenoxy) is 2. The zero-order valence-corrected chi connectivity index (χ0v) is 12.5. The molecule has 4 nitrogen and oxygen atoms in total. The van der Waals surface area contributed by atoms with Gasteiger partial charge in [0.2, 0.25) is 0 Å². The molecule has 4 heteroatoms. The van der Waals surface area contributed by atoms with Crippen LogP contribution >= 0.6 is 0 Å². The Morgan fingerprint density at radius 3 is 2.59 bits per heavy atom. The molecular weight excluding hydrogens is 280 g/mol. The second kappa shape index (κ2) is 5.64. The smallest absolute Gasteiger partial charge is 0.339 e. The van der Waals surface area contributed by atoms with E-state index in [0.717, 1.165) is 16.7 Å². The van der Waals surface area contributed by atoms with Crippen LogP contribution in [0.25, 0.3) is 0 Å². The van der Waals surface area contributed by atoms with E-state index in [-0.39, 0.29) is 12.1 Å². The molecule has 1 atom stereocenters. The Labute approximate surface area is 128 Å². The van der Waals surface area contributed by atoms with Crippen LogP contribution in [0.2, 0.25) is 0 Å². The molecule has 2 aromatic rings. The predicted octanol–water partition coefficient (Wildman–Crippen LogP) is 3.24. The van der Waals surface area contributed by atoms with E-state index in [1.54, 1.807) is 18.2 Å². The lowest BCUT2D eigenvalue weighted by Crippen LogP contribution is -2.22. The molecule has 0 spiro atoms. The fourth-order valence-electron chi connectivity index (χ4n) is 2.61. The molecule has 0 N–H and O–H groups in total. The Balaban J connectivity index is 1.94. The number of carbonyl (C=O) groups is 2. The first-order valence-electron chi connectivity index (χ1n) is 7.07. The molecular formula is C18H16O4. The zero-order valence-electron chi connectivity index (χ0n) is 12.5. The second-order valence-electron chi connectivity index (χ2n) is 5.37. The highest BCUT2D eigenvalue weighted by Crippen LogP contribution is 2.31. The number of cyclic esters (lactones) is 1. The van der Waals surface area contributed by atoms with Gasteiger partial charge in [-0.1, -0.05) is 29.8 Å². The van der Waals surface area contributed by atoms with Gasteiger partial charge in [-0.15, -0.1) is 0 Å². The van der Waals surface area contributed by atoms with Gasteiger partial charge in [-0.25, -0.2) is 9.59 Å². The molecule has 1 aliphatic heterocycles. The summed E-state index contributed by atoms with van der Waals surface area (Å²) in [7, 11) is 1.34. The number of rotatable bonds is 2. The summed E-state index contributed by atoms with van der Waals surface area (Å²) in [5, 5.41) is 0. The average molecular weight is 296 g/mol. The van der Waals surface area contributed by atoms with Crippen LogP contribution in [0.5, 0.6) is 0 Å². The summed E-state index contributed by atoms with van der Waals surface area (Å²) in [6.45, 7) is 2.01. The molecule has 0 radical (unpaired) electrons. The van der Waals surface area contributed by atoms with E-state index in [1.807, 2.05) is 31.2 Å². The van der Waals surface area contributed by atoms with E-state index >= 15 is 0 Å². The van der Waals surface area contributed by atoms with Gasteiger partial charge < -0.3 is 9.47 Å². The van der Waals surface area contributed by atoms with Crippen molar-refractivity contribution in [2.75, 3.05) is 7.11 Å². The first-order chi connectivity index (χ1) is 10.6. The van der Waals surface area contributed by atoms with Gasteiger partial charge in [-0.3, -0.25) is 0 Å². The predicted molar refractivity (Wildman–Crippen MR) is 80.8 cm³/mol. The zero-order chi connectivity index (χ0) is 15.7. The van der Waals surface area contributed by atoms with Crippen molar-refractivity contribution >= 4 is 11.9 Å². The number of hydrogen-bond acceptors (Lipinski definition) is 4. The lowest BCUT2D eigenvalue weighted by Gasteiger charge is -2.25. The van der Waals surface area contributed by atoms with E-state index in [0.29, 0.717) is 17.5 Å². The third-order valence-corrected chi connectivity index (χ3v) is 3.85. The molecule has 0 bridgehead atoms. The van der Waals surface area contributed by atoms with Gasteiger partial charge in [-0.2, -0.15) is 0 Å². The second-order valence-corrected chi connectivity index (χ2v) is 5.37. The van der Waals surface area contributed by atoms with Crippen LogP contribution in [0.1, 0.15) is 43.5 Å². The fourth-order valence-corrected chi connectivity index (χ4v) is 2.61. The maximum Gasteiger partial charge on any atom is 0.339 e. The molecule has 1 unspecified atom stereocenters. The minimum absolute atomic E-state index is 0.325. The van der Waals surface area contributed by atoms with Crippen LogP contribution in [-0.2, 0) is 15.9 Å². The highest BCUT2D eigenvalue weighted by Gasteiger charge is 2.28. The highest BCUT2D eigenvalue weighted by molar-refractivity contribution is 5.95. The first-order valence-corrected chi connectivity index (χ1v) is 7.07. The lowest BCUT2D eigenvalue weighted by molar-refractivity contribution is 0.0251. The fraction of sp³-hybridized carbons (Fsp3) is 0.222. The number of carbonyl (C=O) groups excluding carboxylic acids is 2. The van der Waals surface area contributed by atoms with Gasteiger partial charge in [0.25, 0.3) is 0 Å². The van der Waals surface area contributed by atoms with Gasteiger partial charge in [-0.05, 0) is 36.2 Å². The van der Waals surface area contributed by atoms with Crippen molar-refractivity contribution in [3.05, 3.63) is 70.3 Å². The van der Waals surface area contributed by atoms with Crippen LogP contribution in [-0.4, -0.2) is 19.0 Å². The summed E-state index contributed by atoms with van der Waals surface area (Å²) in [5.74, 6) is -0.767. The lowest BCUT2D eigenvalue weighted by atomic mass is 9.93. The van der Waals surface area contributed by atoms with E-state index in [4.69, 9.17) is 9.47 Å². The molecule has 1 aliphatic rings.